The van der Waals surface area contributed by atoms with Gasteiger partial charge in [0.1, 0.15) is 0 Å². The van der Waals surface area contributed by atoms with E-state index in [1.54, 1.807) is 6.20 Å². The monoisotopic (exact) mass is 361 g/mol. The number of rotatable bonds is 1. The van der Waals surface area contributed by atoms with Crippen LogP contribution in [0.25, 0.3) is 11.3 Å². The SMILES string of the molecule is [CH2-]c1ccccc1-c1ccccn1.[Ir]. The number of benzene rings is 1. The summed E-state index contributed by atoms with van der Waals surface area (Å²) in [5.74, 6) is 0. The first-order valence-corrected chi connectivity index (χ1v) is 4.20. The van der Waals surface area contributed by atoms with Gasteiger partial charge in [0, 0.05) is 32.0 Å². The van der Waals surface area contributed by atoms with Gasteiger partial charge in [-0.1, -0.05) is 12.1 Å². The van der Waals surface area contributed by atoms with E-state index in [4.69, 9.17) is 0 Å². The van der Waals surface area contributed by atoms with E-state index in [1.165, 1.54) is 0 Å². The Bertz CT molecular complexity index is 398. The van der Waals surface area contributed by atoms with Crippen LogP contribution in [0.5, 0.6) is 0 Å². The Morgan fingerprint density at radius 3 is 2.29 bits per heavy atom. The van der Waals surface area contributed by atoms with Crippen molar-refractivity contribution in [2.75, 3.05) is 0 Å². The first-order chi connectivity index (χ1) is 6.38. The van der Waals surface area contributed by atoms with Crippen molar-refractivity contribution in [1.82, 2.24) is 4.98 Å². The van der Waals surface area contributed by atoms with Crippen LogP contribution in [0.4, 0.5) is 0 Å². The van der Waals surface area contributed by atoms with Crippen LogP contribution >= 0.6 is 0 Å². The molecule has 0 unspecified atom stereocenters. The summed E-state index contributed by atoms with van der Waals surface area (Å²) < 4.78 is 0. The Morgan fingerprint density at radius 2 is 1.64 bits per heavy atom. The van der Waals surface area contributed by atoms with Crippen LogP contribution in [-0.2, 0) is 20.1 Å². The molecule has 0 aliphatic rings. The number of hydrogen-bond acceptors (Lipinski definition) is 1. The van der Waals surface area contributed by atoms with E-state index < -0.39 is 0 Å². The fraction of sp³-hybridized carbons (Fsp3) is 0. The van der Waals surface area contributed by atoms with Crippen LogP contribution in [0.1, 0.15) is 5.56 Å². The molecule has 1 aromatic heterocycles. The summed E-state index contributed by atoms with van der Waals surface area (Å²) in [4.78, 5) is 4.27. The van der Waals surface area contributed by atoms with Gasteiger partial charge in [-0.3, -0.25) is 4.98 Å². The van der Waals surface area contributed by atoms with E-state index in [0.29, 0.717) is 0 Å². The zero-order valence-electron chi connectivity index (χ0n) is 7.61. The first-order valence-electron chi connectivity index (χ1n) is 4.20. The summed E-state index contributed by atoms with van der Waals surface area (Å²) >= 11 is 0. The summed E-state index contributed by atoms with van der Waals surface area (Å²) in [7, 11) is 0. The molecule has 2 aromatic rings. The Labute approximate surface area is 97.6 Å². The Morgan fingerprint density at radius 1 is 0.929 bits per heavy atom. The fourth-order valence-electron chi connectivity index (χ4n) is 1.29. The van der Waals surface area contributed by atoms with Gasteiger partial charge >= 0.3 is 0 Å². The molecule has 1 nitrogen and oxygen atoms in total. The van der Waals surface area contributed by atoms with E-state index in [0.717, 1.165) is 16.8 Å². The zero-order valence-corrected chi connectivity index (χ0v) is 10.0. The molecular formula is C12H10IrN-. The van der Waals surface area contributed by atoms with Crippen molar-refractivity contribution in [1.29, 1.82) is 0 Å². The normalized spacial score (nSPS) is 9.14. The summed E-state index contributed by atoms with van der Waals surface area (Å²) in [6.07, 6.45) is 1.79. The van der Waals surface area contributed by atoms with Gasteiger partial charge in [-0.25, -0.2) is 0 Å². The van der Waals surface area contributed by atoms with Crippen LogP contribution in [0.2, 0.25) is 0 Å². The summed E-state index contributed by atoms with van der Waals surface area (Å²) in [5.41, 5.74) is 3.09. The topological polar surface area (TPSA) is 12.9 Å². The smallest absolute Gasteiger partial charge is 0.0262 e. The van der Waals surface area contributed by atoms with Crippen molar-refractivity contribution in [2.24, 2.45) is 0 Å². The molecule has 14 heavy (non-hydrogen) atoms. The quantitative estimate of drug-likeness (QED) is 0.713. The predicted molar refractivity (Wildman–Crippen MR) is 54.1 cm³/mol. The molecule has 1 heterocycles. The molecule has 0 saturated carbocycles. The van der Waals surface area contributed by atoms with Gasteiger partial charge in [-0.05, 0) is 12.1 Å². The molecule has 0 spiro atoms. The van der Waals surface area contributed by atoms with Crippen molar-refractivity contribution in [3.8, 4) is 11.3 Å². The Hall–Kier alpha value is -1.11. The minimum Gasteiger partial charge on any atom is -0.270 e. The largest absolute Gasteiger partial charge is 0.270 e. The third-order valence-electron chi connectivity index (χ3n) is 1.96. The summed E-state index contributed by atoms with van der Waals surface area (Å²) in [6.45, 7) is 3.96. The molecule has 73 valence electrons. The van der Waals surface area contributed by atoms with E-state index in [1.807, 2.05) is 42.5 Å². The molecule has 0 N–H and O–H groups in total. The van der Waals surface area contributed by atoms with E-state index in [2.05, 4.69) is 11.9 Å². The fourth-order valence-corrected chi connectivity index (χ4v) is 1.29. The number of aromatic nitrogens is 1. The molecule has 0 aliphatic heterocycles. The van der Waals surface area contributed by atoms with Gasteiger partial charge in [0.2, 0.25) is 0 Å². The minimum atomic E-state index is 0. The van der Waals surface area contributed by atoms with Gasteiger partial charge in [-0.2, -0.15) is 18.6 Å². The predicted octanol–water partition coefficient (Wildman–Crippen LogP) is 2.93. The Balaban J connectivity index is 0.000000980. The summed E-state index contributed by atoms with van der Waals surface area (Å²) in [6, 6.07) is 13.9. The van der Waals surface area contributed by atoms with Crippen molar-refractivity contribution >= 4 is 0 Å². The standard InChI is InChI=1S/C12H10N.Ir/c1-10-6-2-3-7-11(10)12-8-4-5-9-13-12;/h2-9H,1H2;/q-1;. The van der Waals surface area contributed by atoms with Crippen molar-refractivity contribution in [2.45, 2.75) is 0 Å². The molecule has 1 radical (unpaired) electrons. The molecule has 0 aliphatic carbocycles. The van der Waals surface area contributed by atoms with Crippen molar-refractivity contribution < 1.29 is 20.1 Å². The number of hydrogen-bond donors (Lipinski definition) is 0. The van der Waals surface area contributed by atoms with Crippen molar-refractivity contribution in [3.63, 3.8) is 0 Å². The van der Waals surface area contributed by atoms with Gasteiger partial charge in [0.25, 0.3) is 0 Å². The zero-order chi connectivity index (χ0) is 9.10. The molecule has 0 amide bonds. The molecular weight excluding hydrogens is 350 g/mol. The average molecular weight is 360 g/mol. The van der Waals surface area contributed by atoms with Gasteiger partial charge in [-0.15, -0.1) is 17.7 Å². The van der Waals surface area contributed by atoms with Crippen LogP contribution in [-0.4, -0.2) is 4.98 Å². The maximum atomic E-state index is 4.27. The molecule has 1 aromatic carbocycles. The summed E-state index contributed by atoms with van der Waals surface area (Å²) in [5, 5.41) is 0. The van der Waals surface area contributed by atoms with Crippen LogP contribution in [0.3, 0.4) is 0 Å². The van der Waals surface area contributed by atoms with E-state index in [9.17, 15) is 0 Å². The average Bonchev–Trinajstić information content (AvgIpc) is 2.20. The third-order valence-corrected chi connectivity index (χ3v) is 1.96. The first kappa shape index (κ1) is 11.0. The van der Waals surface area contributed by atoms with Crippen LogP contribution in [0, 0.1) is 6.92 Å². The van der Waals surface area contributed by atoms with Gasteiger partial charge < -0.3 is 0 Å². The molecule has 0 bridgehead atoms. The van der Waals surface area contributed by atoms with Gasteiger partial charge in [0.05, 0.1) is 0 Å². The van der Waals surface area contributed by atoms with Gasteiger partial charge in [0.15, 0.2) is 0 Å². The van der Waals surface area contributed by atoms with E-state index >= 15 is 0 Å². The molecule has 2 rings (SSSR count). The molecule has 0 fully saturated rings. The maximum absolute atomic E-state index is 4.27. The van der Waals surface area contributed by atoms with Crippen LogP contribution in [0.15, 0.2) is 48.7 Å². The second-order valence-corrected chi connectivity index (χ2v) is 2.87. The Kier molecular flexibility index (Phi) is 3.87. The molecule has 0 atom stereocenters. The van der Waals surface area contributed by atoms with E-state index in [-0.39, 0.29) is 20.1 Å². The number of pyridine rings is 1. The maximum Gasteiger partial charge on any atom is 0.0262 e. The molecule has 2 heteroatoms. The number of nitrogens with zero attached hydrogens (tertiary/aromatic N) is 1. The van der Waals surface area contributed by atoms with Crippen LogP contribution < -0.4 is 0 Å². The second-order valence-electron chi connectivity index (χ2n) is 2.87. The molecule has 0 saturated heterocycles. The second kappa shape index (κ2) is 4.94. The third kappa shape index (κ3) is 2.22. The minimum absolute atomic E-state index is 0. The van der Waals surface area contributed by atoms with Crippen molar-refractivity contribution in [3.05, 3.63) is 61.1 Å².